The number of piperazine rings is 1. The second-order valence-electron chi connectivity index (χ2n) is 6.66. The fraction of sp³-hybridized carbons (Fsp3) is 1.00. The molecule has 2 heteroatoms. The highest BCUT2D eigenvalue weighted by atomic mass is 15.3. The van der Waals surface area contributed by atoms with Crippen LogP contribution in [0.15, 0.2) is 0 Å². The van der Waals surface area contributed by atoms with Gasteiger partial charge in [-0.3, -0.25) is 4.90 Å². The van der Waals surface area contributed by atoms with Crippen molar-refractivity contribution in [2.75, 3.05) is 13.1 Å². The standard InChI is InChI=1S/C15H28N2/c1-13-11-17(14-7-3-4-8-14)15(12-16-13)9-5-2-6-10-15/h13-14,16H,2-12H2,1H3. The molecular weight excluding hydrogens is 208 g/mol. The third kappa shape index (κ3) is 2.26. The molecule has 0 amide bonds. The molecule has 0 aromatic carbocycles. The summed E-state index contributed by atoms with van der Waals surface area (Å²) in [6.45, 7) is 4.91. The second-order valence-corrected chi connectivity index (χ2v) is 6.66. The molecule has 2 nitrogen and oxygen atoms in total. The van der Waals surface area contributed by atoms with Gasteiger partial charge in [0, 0.05) is 30.7 Å². The lowest BCUT2D eigenvalue weighted by molar-refractivity contribution is -0.0185. The molecule has 1 spiro atoms. The van der Waals surface area contributed by atoms with Crippen molar-refractivity contribution >= 4 is 0 Å². The van der Waals surface area contributed by atoms with E-state index in [0.29, 0.717) is 11.6 Å². The highest BCUT2D eigenvalue weighted by Crippen LogP contribution is 2.39. The van der Waals surface area contributed by atoms with Gasteiger partial charge in [-0.1, -0.05) is 32.1 Å². The van der Waals surface area contributed by atoms with E-state index in [4.69, 9.17) is 0 Å². The number of hydrogen-bond acceptors (Lipinski definition) is 2. The summed E-state index contributed by atoms with van der Waals surface area (Å²) in [4.78, 5) is 2.94. The van der Waals surface area contributed by atoms with Crippen LogP contribution >= 0.6 is 0 Å². The monoisotopic (exact) mass is 236 g/mol. The first-order valence-corrected chi connectivity index (χ1v) is 7.80. The quantitative estimate of drug-likeness (QED) is 0.753. The first-order valence-electron chi connectivity index (χ1n) is 7.80. The molecule has 0 aromatic rings. The minimum absolute atomic E-state index is 0.541. The molecule has 2 aliphatic carbocycles. The van der Waals surface area contributed by atoms with E-state index < -0.39 is 0 Å². The molecule has 1 N–H and O–H groups in total. The normalized spacial score (nSPS) is 35.5. The average Bonchev–Trinajstić information content (AvgIpc) is 2.87. The van der Waals surface area contributed by atoms with Crippen molar-refractivity contribution < 1.29 is 0 Å². The molecule has 3 aliphatic rings. The zero-order chi connectivity index (χ0) is 11.7. The van der Waals surface area contributed by atoms with Crippen molar-refractivity contribution in [1.29, 1.82) is 0 Å². The average molecular weight is 236 g/mol. The van der Waals surface area contributed by atoms with Crippen LogP contribution in [-0.4, -0.2) is 35.6 Å². The van der Waals surface area contributed by atoms with Gasteiger partial charge in [-0.05, 0) is 32.6 Å². The molecule has 98 valence electrons. The van der Waals surface area contributed by atoms with E-state index in [0.717, 1.165) is 6.04 Å². The molecule has 1 heterocycles. The summed E-state index contributed by atoms with van der Waals surface area (Å²) >= 11 is 0. The van der Waals surface area contributed by atoms with E-state index in [1.165, 1.54) is 70.9 Å². The maximum atomic E-state index is 3.75. The van der Waals surface area contributed by atoms with Crippen LogP contribution in [0.2, 0.25) is 0 Å². The minimum atomic E-state index is 0.541. The van der Waals surface area contributed by atoms with Gasteiger partial charge in [-0.15, -0.1) is 0 Å². The van der Waals surface area contributed by atoms with E-state index >= 15 is 0 Å². The molecule has 1 aliphatic heterocycles. The van der Waals surface area contributed by atoms with Gasteiger partial charge in [0.05, 0.1) is 0 Å². The lowest BCUT2D eigenvalue weighted by atomic mass is 9.77. The molecule has 1 atom stereocenters. The molecule has 1 unspecified atom stereocenters. The van der Waals surface area contributed by atoms with E-state index in [9.17, 15) is 0 Å². The van der Waals surface area contributed by atoms with Gasteiger partial charge in [0.2, 0.25) is 0 Å². The number of nitrogens with one attached hydrogen (secondary N) is 1. The van der Waals surface area contributed by atoms with Gasteiger partial charge >= 0.3 is 0 Å². The molecule has 0 bridgehead atoms. The first-order chi connectivity index (χ1) is 8.30. The van der Waals surface area contributed by atoms with Crippen LogP contribution in [0, 0.1) is 0 Å². The third-order valence-corrected chi connectivity index (χ3v) is 5.41. The Hall–Kier alpha value is -0.0800. The van der Waals surface area contributed by atoms with Crippen molar-refractivity contribution in [3.05, 3.63) is 0 Å². The fourth-order valence-electron chi connectivity index (χ4n) is 4.45. The SMILES string of the molecule is CC1CN(C2CCCC2)C2(CCCCC2)CN1. The van der Waals surface area contributed by atoms with Gasteiger partial charge in [0.25, 0.3) is 0 Å². The summed E-state index contributed by atoms with van der Waals surface area (Å²) in [5.41, 5.74) is 0.541. The van der Waals surface area contributed by atoms with E-state index in [1.54, 1.807) is 0 Å². The molecule has 1 saturated heterocycles. The summed E-state index contributed by atoms with van der Waals surface area (Å²) in [6.07, 6.45) is 13.2. The Morgan fingerprint density at radius 3 is 2.41 bits per heavy atom. The Labute approximate surface area is 106 Å². The summed E-state index contributed by atoms with van der Waals surface area (Å²) in [5, 5.41) is 3.75. The van der Waals surface area contributed by atoms with Crippen molar-refractivity contribution in [2.24, 2.45) is 0 Å². The summed E-state index contributed by atoms with van der Waals surface area (Å²) < 4.78 is 0. The smallest absolute Gasteiger partial charge is 0.0337 e. The Balaban J connectivity index is 1.78. The number of rotatable bonds is 1. The summed E-state index contributed by atoms with van der Waals surface area (Å²) in [6, 6.07) is 1.61. The van der Waals surface area contributed by atoms with Crippen molar-refractivity contribution in [1.82, 2.24) is 10.2 Å². The van der Waals surface area contributed by atoms with E-state index in [1.807, 2.05) is 0 Å². The Kier molecular flexibility index (Phi) is 3.45. The lowest BCUT2D eigenvalue weighted by Crippen LogP contribution is -2.66. The Bertz CT molecular complexity index is 252. The summed E-state index contributed by atoms with van der Waals surface area (Å²) in [5.74, 6) is 0. The first kappa shape index (κ1) is 12.0. The molecule has 17 heavy (non-hydrogen) atoms. The Morgan fingerprint density at radius 1 is 1.00 bits per heavy atom. The van der Waals surface area contributed by atoms with Gasteiger partial charge in [-0.25, -0.2) is 0 Å². The van der Waals surface area contributed by atoms with Gasteiger partial charge in [-0.2, -0.15) is 0 Å². The predicted octanol–water partition coefficient (Wildman–Crippen LogP) is 2.93. The van der Waals surface area contributed by atoms with Crippen LogP contribution in [0.4, 0.5) is 0 Å². The lowest BCUT2D eigenvalue weighted by Gasteiger charge is -2.54. The van der Waals surface area contributed by atoms with Crippen molar-refractivity contribution in [3.63, 3.8) is 0 Å². The van der Waals surface area contributed by atoms with Gasteiger partial charge in [0.15, 0.2) is 0 Å². The number of nitrogens with zero attached hydrogens (tertiary/aromatic N) is 1. The fourth-order valence-corrected chi connectivity index (χ4v) is 4.45. The van der Waals surface area contributed by atoms with Crippen LogP contribution in [-0.2, 0) is 0 Å². The van der Waals surface area contributed by atoms with Crippen LogP contribution < -0.4 is 5.32 Å². The molecule has 2 saturated carbocycles. The van der Waals surface area contributed by atoms with Crippen LogP contribution in [0.1, 0.15) is 64.7 Å². The number of hydrogen-bond donors (Lipinski definition) is 1. The van der Waals surface area contributed by atoms with Gasteiger partial charge < -0.3 is 5.32 Å². The second kappa shape index (κ2) is 4.89. The molecular formula is C15H28N2. The maximum absolute atomic E-state index is 3.75. The summed E-state index contributed by atoms with van der Waals surface area (Å²) in [7, 11) is 0. The maximum Gasteiger partial charge on any atom is 0.0337 e. The zero-order valence-corrected chi connectivity index (χ0v) is 11.4. The Morgan fingerprint density at radius 2 is 1.71 bits per heavy atom. The van der Waals surface area contributed by atoms with Crippen LogP contribution in [0.5, 0.6) is 0 Å². The molecule has 0 aromatic heterocycles. The molecule has 3 rings (SSSR count). The van der Waals surface area contributed by atoms with Crippen LogP contribution in [0.3, 0.4) is 0 Å². The highest BCUT2D eigenvalue weighted by Gasteiger charge is 2.44. The van der Waals surface area contributed by atoms with Crippen LogP contribution in [0.25, 0.3) is 0 Å². The largest absolute Gasteiger partial charge is 0.311 e. The zero-order valence-electron chi connectivity index (χ0n) is 11.4. The van der Waals surface area contributed by atoms with Crippen molar-refractivity contribution in [2.45, 2.75) is 82.3 Å². The van der Waals surface area contributed by atoms with Gasteiger partial charge in [0.1, 0.15) is 0 Å². The highest BCUT2D eigenvalue weighted by molar-refractivity contribution is 5.02. The third-order valence-electron chi connectivity index (χ3n) is 5.41. The molecule has 0 radical (unpaired) electrons. The minimum Gasteiger partial charge on any atom is -0.311 e. The van der Waals surface area contributed by atoms with Crippen molar-refractivity contribution in [3.8, 4) is 0 Å². The topological polar surface area (TPSA) is 15.3 Å². The van der Waals surface area contributed by atoms with E-state index in [2.05, 4.69) is 17.1 Å². The predicted molar refractivity (Wildman–Crippen MR) is 72.2 cm³/mol. The molecule has 3 fully saturated rings. The van der Waals surface area contributed by atoms with E-state index in [-0.39, 0.29) is 0 Å².